The second-order valence-electron chi connectivity index (χ2n) is 6.46. The SMILES string of the molecule is O=C(C1CN(Cc2nc3c(s2)CCC3)CCO1)N1CCCC1. The zero-order chi connectivity index (χ0) is 14.9. The summed E-state index contributed by atoms with van der Waals surface area (Å²) in [4.78, 5) is 23.0. The standard InChI is InChI=1S/C16H23N3O2S/c20-16(19-6-1-2-7-19)13-10-18(8-9-21-13)11-15-17-12-4-3-5-14(12)22-15/h13H,1-11H2. The quantitative estimate of drug-likeness (QED) is 0.845. The average molecular weight is 321 g/mol. The Hall–Kier alpha value is -0.980. The molecule has 3 aliphatic rings. The Bertz CT molecular complexity index is 532. The minimum absolute atomic E-state index is 0.184. The van der Waals surface area contributed by atoms with E-state index in [-0.39, 0.29) is 12.0 Å². The Labute approximate surface area is 135 Å². The van der Waals surface area contributed by atoms with Gasteiger partial charge in [-0.1, -0.05) is 0 Å². The molecule has 0 radical (unpaired) electrons. The molecular weight excluding hydrogens is 298 g/mol. The zero-order valence-corrected chi connectivity index (χ0v) is 13.7. The molecule has 3 heterocycles. The van der Waals surface area contributed by atoms with Crippen LogP contribution in [0.25, 0.3) is 0 Å². The van der Waals surface area contributed by atoms with E-state index in [2.05, 4.69) is 4.90 Å². The van der Waals surface area contributed by atoms with Gasteiger partial charge in [0.15, 0.2) is 0 Å². The topological polar surface area (TPSA) is 45.7 Å². The van der Waals surface area contributed by atoms with Crippen molar-refractivity contribution in [3.63, 3.8) is 0 Å². The van der Waals surface area contributed by atoms with E-state index in [1.807, 2.05) is 16.2 Å². The minimum atomic E-state index is -0.279. The molecule has 0 aromatic carbocycles. The van der Waals surface area contributed by atoms with Crippen molar-refractivity contribution in [2.24, 2.45) is 0 Å². The molecule has 5 nitrogen and oxygen atoms in total. The molecule has 1 aromatic rings. The first kappa shape index (κ1) is 14.6. The number of aryl methyl sites for hydroxylation is 2. The summed E-state index contributed by atoms with van der Waals surface area (Å²) in [5, 5.41) is 1.21. The number of thiazole rings is 1. The zero-order valence-electron chi connectivity index (χ0n) is 12.9. The number of nitrogens with zero attached hydrogens (tertiary/aromatic N) is 3. The molecule has 0 bridgehead atoms. The van der Waals surface area contributed by atoms with Crippen LogP contribution in [0.4, 0.5) is 0 Å². The lowest BCUT2D eigenvalue weighted by Crippen LogP contribution is -2.50. The first-order chi connectivity index (χ1) is 10.8. The summed E-state index contributed by atoms with van der Waals surface area (Å²) in [6.07, 6.45) is 5.59. The summed E-state index contributed by atoms with van der Waals surface area (Å²) in [6, 6.07) is 0. The summed E-state index contributed by atoms with van der Waals surface area (Å²) in [7, 11) is 0. The third kappa shape index (κ3) is 2.92. The van der Waals surface area contributed by atoms with Crippen LogP contribution in [0.2, 0.25) is 0 Å². The van der Waals surface area contributed by atoms with Crippen LogP contribution >= 0.6 is 11.3 Å². The Morgan fingerprint density at radius 2 is 2.09 bits per heavy atom. The lowest BCUT2D eigenvalue weighted by molar-refractivity contribution is -0.148. The van der Waals surface area contributed by atoms with Gasteiger partial charge in [0, 0.05) is 31.1 Å². The molecule has 0 spiro atoms. The van der Waals surface area contributed by atoms with Crippen LogP contribution in [0.5, 0.6) is 0 Å². The summed E-state index contributed by atoms with van der Waals surface area (Å²) in [6.45, 7) is 4.92. The van der Waals surface area contributed by atoms with E-state index < -0.39 is 0 Å². The van der Waals surface area contributed by atoms with Crippen molar-refractivity contribution in [2.45, 2.75) is 44.8 Å². The lowest BCUT2D eigenvalue weighted by atomic mass is 10.2. The summed E-state index contributed by atoms with van der Waals surface area (Å²) >= 11 is 1.86. The number of likely N-dealkylation sites (tertiary alicyclic amines) is 1. The van der Waals surface area contributed by atoms with Gasteiger partial charge < -0.3 is 9.64 Å². The number of hydrogen-bond donors (Lipinski definition) is 0. The Balaban J connectivity index is 1.36. The number of aromatic nitrogens is 1. The van der Waals surface area contributed by atoms with Crippen molar-refractivity contribution in [3.8, 4) is 0 Å². The molecule has 22 heavy (non-hydrogen) atoms. The average Bonchev–Trinajstić information content (AvgIpc) is 3.23. The second kappa shape index (κ2) is 6.26. The van der Waals surface area contributed by atoms with Crippen molar-refractivity contribution in [1.82, 2.24) is 14.8 Å². The fourth-order valence-corrected chi connectivity index (χ4v) is 4.84. The molecule has 120 valence electrons. The number of amides is 1. The van der Waals surface area contributed by atoms with Gasteiger partial charge in [0.25, 0.3) is 5.91 Å². The van der Waals surface area contributed by atoms with Crippen LogP contribution < -0.4 is 0 Å². The van der Waals surface area contributed by atoms with Crippen LogP contribution in [0.1, 0.15) is 34.8 Å². The van der Waals surface area contributed by atoms with Gasteiger partial charge in [-0.3, -0.25) is 9.69 Å². The highest BCUT2D eigenvalue weighted by atomic mass is 32.1. The van der Waals surface area contributed by atoms with Gasteiger partial charge in [-0.25, -0.2) is 4.98 Å². The van der Waals surface area contributed by atoms with Crippen molar-refractivity contribution in [1.29, 1.82) is 0 Å². The Morgan fingerprint density at radius 1 is 1.23 bits per heavy atom. The fourth-order valence-electron chi connectivity index (χ4n) is 3.64. The molecule has 0 N–H and O–H groups in total. The van der Waals surface area contributed by atoms with E-state index in [4.69, 9.17) is 9.72 Å². The predicted molar refractivity (Wildman–Crippen MR) is 85.0 cm³/mol. The molecule has 1 atom stereocenters. The third-order valence-corrected chi connectivity index (χ3v) is 5.98. The molecule has 1 aromatic heterocycles. The highest BCUT2D eigenvalue weighted by molar-refractivity contribution is 7.11. The normalized spacial score (nSPS) is 25.6. The van der Waals surface area contributed by atoms with Gasteiger partial charge in [0.05, 0.1) is 18.8 Å². The smallest absolute Gasteiger partial charge is 0.253 e. The number of fused-ring (bicyclic) bond motifs is 1. The highest BCUT2D eigenvalue weighted by Gasteiger charge is 2.31. The van der Waals surface area contributed by atoms with Crippen molar-refractivity contribution in [2.75, 3.05) is 32.8 Å². The van der Waals surface area contributed by atoms with E-state index >= 15 is 0 Å². The predicted octanol–water partition coefficient (Wildman–Crippen LogP) is 1.46. The van der Waals surface area contributed by atoms with E-state index in [1.54, 1.807) is 0 Å². The molecule has 2 fully saturated rings. The van der Waals surface area contributed by atoms with Gasteiger partial charge in [-0.05, 0) is 32.1 Å². The summed E-state index contributed by atoms with van der Waals surface area (Å²) < 4.78 is 5.73. The van der Waals surface area contributed by atoms with Crippen molar-refractivity contribution >= 4 is 17.2 Å². The number of ether oxygens (including phenoxy) is 1. The van der Waals surface area contributed by atoms with Crippen LogP contribution in [-0.4, -0.2) is 59.6 Å². The lowest BCUT2D eigenvalue weighted by Gasteiger charge is -2.33. The monoisotopic (exact) mass is 321 g/mol. The first-order valence-electron chi connectivity index (χ1n) is 8.40. The molecule has 0 saturated carbocycles. The van der Waals surface area contributed by atoms with Crippen molar-refractivity contribution in [3.05, 3.63) is 15.6 Å². The maximum Gasteiger partial charge on any atom is 0.253 e. The van der Waals surface area contributed by atoms with Crippen LogP contribution in [-0.2, 0) is 28.9 Å². The number of hydrogen-bond acceptors (Lipinski definition) is 5. The fraction of sp³-hybridized carbons (Fsp3) is 0.750. The Morgan fingerprint density at radius 3 is 2.91 bits per heavy atom. The van der Waals surface area contributed by atoms with Crippen LogP contribution in [0.15, 0.2) is 0 Å². The molecule has 2 saturated heterocycles. The highest BCUT2D eigenvalue weighted by Crippen LogP contribution is 2.28. The molecule has 2 aliphatic heterocycles. The number of carbonyl (C=O) groups excluding carboxylic acids is 1. The largest absolute Gasteiger partial charge is 0.366 e. The maximum atomic E-state index is 12.5. The second-order valence-corrected chi connectivity index (χ2v) is 7.63. The van der Waals surface area contributed by atoms with Gasteiger partial charge in [-0.15, -0.1) is 11.3 Å². The summed E-state index contributed by atoms with van der Waals surface area (Å²) in [5.41, 5.74) is 1.32. The molecule has 1 unspecified atom stereocenters. The number of morpholine rings is 1. The molecule has 6 heteroatoms. The van der Waals surface area contributed by atoms with E-state index in [1.165, 1.54) is 28.4 Å². The van der Waals surface area contributed by atoms with Crippen LogP contribution in [0.3, 0.4) is 0 Å². The first-order valence-corrected chi connectivity index (χ1v) is 9.21. The number of rotatable bonds is 3. The molecule has 1 amide bonds. The molecule has 4 rings (SSSR count). The van der Waals surface area contributed by atoms with Crippen molar-refractivity contribution < 1.29 is 9.53 Å². The molecule has 1 aliphatic carbocycles. The molecular formula is C16H23N3O2S. The van der Waals surface area contributed by atoms with E-state index in [0.717, 1.165) is 45.4 Å². The Kier molecular flexibility index (Phi) is 4.15. The van der Waals surface area contributed by atoms with E-state index in [9.17, 15) is 4.79 Å². The maximum absolute atomic E-state index is 12.5. The van der Waals surface area contributed by atoms with Gasteiger partial charge in [-0.2, -0.15) is 0 Å². The van der Waals surface area contributed by atoms with Crippen LogP contribution in [0, 0.1) is 0 Å². The van der Waals surface area contributed by atoms with Gasteiger partial charge in [0.2, 0.25) is 0 Å². The number of carbonyl (C=O) groups is 1. The minimum Gasteiger partial charge on any atom is -0.366 e. The van der Waals surface area contributed by atoms with Gasteiger partial charge in [0.1, 0.15) is 11.1 Å². The third-order valence-electron chi connectivity index (χ3n) is 4.84. The summed E-state index contributed by atoms with van der Waals surface area (Å²) in [5.74, 6) is 0.184. The van der Waals surface area contributed by atoms with E-state index in [0.29, 0.717) is 13.2 Å². The van der Waals surface area contributed by atoms with Gasteiger partial charge >= 0.3 is 0 Å².